The van der Waals surface area contributed by atoms with Crippen molar-refractivity contribution in [2.75, 3.05) is 5.75 Å². The van der Waals surface area contributed by atoms with E-state index in [1.165, 1.54) is 22.9 Å². The molecule has 0 aliphatic rings. The smallest absolute Gasteiger partial charge is 0.277 e. The van der Waals surface area contributed by atoms with E-state index in [1.807, 2.05) is 39.0 Å². The van der Waals surface area contributed by atoms with Gasteiger partial charge in [-0.05, 0) is 50.5 Å². The Hall–Kier alpha value is -1.82. The molecule has 0 bridgehead atoms. The summed E-state index contributed by atoms with van der Waals surface area (Å²) in [5.41, 5.74) is 3.30. The molecule has 6 heteroatoms. The van der Waals surface area contributed by atoms with Crippen LogP contribution in [0.3, 0.4) is 0 Å². The van der Waals surface area contributed by atoms with Gasteiger partial charge in [0.1, 0.15) is 0 Å². The van der Waals surface area contributed by atoms with Crippen molar-refractivity contribution in [3.05, 3.63) is 29.3 Å². The molecule has 1 N–H and O–H groups in total. The van der Waals surface area contributed by atoms with Gasteiger partial charge in [0.25, 0.3) is 5.22 Å². The summed E-state index contributed by atoms with van der Waals surface area (Å²) in [6.07, 6.45) is 0.911. The Morgan fingerprint density at radius 1 is 1.32 bits per heavy atom. The minimum Gasteiger partial charge on any atom is -0.411 e. The van der Waals surface area contributed by atoms with Gasteiger partial charge in [0.15, 0.2) is 0 Å². The monoisotopic (exact) mass is 319 g/mol. The highest BCUT2D eigenvalue weighted by Gasteiger charge is 2.12. The molecule has 0 saturated carbocycles. The summed E-state index contributed by atoms with van der Waals surface area (Å²) in [5, 5.41) is 11.3. The largest absolute Gasteiger partial charge is 0.411 e. The lowest BCUT2D eigenvalue weighted by Crippen LogP contribution is -2.33. The van der Waals surface area contributed by atoms with Crippen molar-refractivity contribution in [2.45, 2.75) is 45.4 Å². The topological polar surface area (TPSA) is 68.0 Å². The van der Waals surface area contributed by atoms with E-state index in [0.717, 1.165) is 12.0 Å². The molecular weight excluding hydrogens is 298 g/mol. The lowest BCUT2D eigenvalue weighted by atomic mass is 10.1. The number of nitrogens with zero attached hydrogens (tertiary/aromatic N) is 2. The van der Waals surface area contributed by atoms with Gasteiger partial charge in [0, 0.05) is 11.6 Å². The summed E-state index contributed by atoms with van der Waals surface area (Å²) in [4.78, 5) is 11.7. The molecule has 5 nitrogen and oxygen atoms in total. The van der Waals surface area contributed by atoms with Gasteiger partial charge >= 0.3 is 0 Å². The molecule has 2 rings (SSSR count). The number of amides is 1. The molecule has 118 valence electrons. The first-order valence-corrected chi connectivity index (χ1v) is 8.31. The SMILES string of the molecule is CC[C@@H](C)NC(=O)CSc1nnc(-c2ccc(C)c(C)c2)o1. The average Bonchev–Trinajstić information content (AvgIpc) is 2.96. The van der Waals surface area contributed by atoms with Gasteiger partial charge in [-0.3, -0.25) is 4.79 Å². The summed E-state index contributed by atoms with van der Waals surface area (Å²) >= 11 is 1.25. The molecule has 0 fully saturated rings. The van der Waals surface area contributed by atoms with Crippen molar-refractivity contribution >= 4 is 17.7 Å². The zero-order valence-corrected chi connectivity index (χ0v) is 14.2. The van der Waals surface area contributed by atoms with Crippen molar-refractivity contribution in [2.24, 2.45) is 0 Å². The van der Waals surface area contributed by atoms with Gasteiger partial charge in [-0.25, -0.2) is 0 Å². The summed E-state index contributed by atoms with van der Waals surface area (Å²) in [5.74, 6) is 0.733. The third-order valence-electron chi connectivity index (χ3n) is 3.51. The number of rotatable bonds is 6. The Bertz CT molecular complexity index is 655. The van der Waals surface area contributed by atoms with Crippen LogP contribution in [0, 0.1) is 13.8 Å². The number of nitrogens with one attached hydrogen (secondary N) is 1. The predicted molar refractivity (Wildman–Crippen MR) is 87.8 cm³/mol. The third-order valence-corrected chi connectivity index (χ3v) is 4.33. The maximum absolute atomic E-state index is 11.7. The minimum absolute atomic E-state index is 0.0229. The van der Waals surface area contributed by atoms with Gasteiger partial charge in [-0.15, -0.1) is 10.2 Å². The van der Waals surface area contributed by atoms with E-state index in [1.54, 1.807) is 0 Å². The van der Waals surface area contributed by atoms with Crippen LogP contribution in [-0.2, 0) is 4.79 Å². The zero-order valence-electron chi connectivity index (χ0n) is 13.3. The number of aryl methyl sites for hydroxylation is 2. The Morgan fingerprint density at radius 2 is 2.09 bits per heavy atom. The van der Waals surface area contributed by atoms with Crippen molar-refractivity contribution in [3.8, 4) is 11.5 Å². The average molecular weight is 319 g/mol. The number of carbonyl (C=O) groups excluding carboxylic acids is 1. The predicted octanol–water partition coefficient (Wildman–Crippen LogP) is 3.36. The highest BCUT2D eigenvalue weighted by Crippen LogP contribution is 2.24. The molecule has 1 aromatic carbocycles. The van der Waals surface area contributed by atoms with Crippen LogP contribution in [0.1, 0.15) is 31.4 Å². The second-order valence-corrected chi connectivity index (χ2v) is 6.26. The molecule has 0 spiro atoms. The molecule has 0 aliphatic heterocycles. The molecule has 0 radical (unpaired) electrons. The maximum Gasteiger partial charge on any atom is 0.277 e. The summed E-state index contributed by atoms with van der Waals surface area (Å²) < 4.78 is 5.61. The van der Waals surface area contributed by atoms with E-state index in [4.69, 9.17) is 4.42 Å². The highest BCUT2D eigenvalue weighted by atomic mass is 32.2. The van der Waals surface area contributed by atoms with E-state index in [0.29, 0.717) is 11.1 Å². The van der Waals surface area contributed by atoms with E-state index in [9.17, 15) is 4.79 Å². The Labute approximate surface area is 134 Å². The van der Waals surface area contributed by atoms with Crippen LogP contribution in [0.5, 0.6) is 0 Å². The third kappa shape index (κ3) is 4.34. The molecule has 1 atom stereocenters. The van der Waals surface area contributed by atoms with Gasteiger partial charge in [-0.2, -0.15) is 0 Å². The minimum atomic E-state index is -0.0229. The second kappa shape index (κ2) is 7.45. The maximum atomic E-state index is 11.7. The highest BCUT2D eigenvalue weighted by molar-refractivity contribution is 7.99. The van der Waals surface area contributed by atoms with E-state index < -0.39 is 0 Å². The first-order valence-electron chi connectivity index (χ1n) is 7.33. The molecule has 1 aromatic heterocycles. The van der Waals surface area contributed by atoms with Crippen molar-refractivity contribution in [3.63, 3.8) is 0 Å². The summed E-state index contributed by atoms with van der Waals surface area (Å²) in [6.45, 7) is 8.12. The quantitative estimate of drug-likeness (QED) is 0.827. The Balaban J connectivity index is 1.96. The van der Waals surface area contributed by atoms with Crippen LogP contribution in [-0.4, -0.2) is 27.9 Å². The summed E-state index contributed by atoms with van der Waals surface area (Å²) in [7, 11) is 0. The Kier molecular flexibility index (Phi) is 5.60. The Morgan fingerprint density at radius 3 is 2.77 bits per heavy atom. The molecular formula is C16H21N3O2S. The van der Waals surface area contributed by atoms with Crippen molar-refractivity contribution in [1.82, 2.24) is 15.5 Å². The van der Waals surface area contributed by atoms with Crippen LogP contribution < -0.4 is 5.32 Å². The van der Waals surface area contributed by atoms with E-state index in [-0.39, 0.29) is 17.7 Å². The molecule has 2 aromatic rings. The molecule has 0 saturated heterocycles. The lowest BCUT2D eigenvalue weighted by Gasteiger charge is -2.09. The molecule has 1 heterocycles. The van der Waals surface area contributed by atoms with Gasteiger partial charge < -0.3 is 9.73 Å². The number of benzene rings is 1. The standard InChI is InChI=1S/C16H21N3O2S/c1-5-12(4)17-14(20)9-22-16-19-18-15(21-16)13-7-6-10(2)11(3)8-13/h6-8,12H,5,9H2,1-4H3,(H,17,20)/t12-/m1/s1. The van der Waals surface area contributed by atoms with Crippen LogP contribution >= 0.6 is 11.8 Å². The van der Waals surface area contributed by atoms with Crippen LogP contribution in [0.4, 0.5) is 0 Å². The number of hydrogen-bond donors (Lipinski definition) is 1. The van der Waals surface area contributed by atoms with Gasteiger partial charge in [-0.1, -0.05) is 24.8 Å². The van der Waals surface area contributed by atoms with E-state index in [2.05, 4.69) is 22.4 Å². The second-order valence-electron chi connectivity index (χ2n) is 5.34. The fraction of sp³-hybridized carbons (Fsp3) is 0.438. The molecule has 22 heavy (non-hydrogen) atoms. The summed E-state index contributed by atoms with van der Waals surface area (Å²) in [6, 6.07) is 6.19. The van der Waals surface area contributed by atoms with Crippen LogP contribution in [0.25, 0.3) is 11.5 Å². The fourth-order valence-corrected chi connectivity index (χ4v) is 2.38. The molecule has 0 unspecified atom stereocenters. The zero-order chi connectivity index (χ0) is 16.1. The molecule has 0 aliphatic carbocycles. The first-order chi connectivity index (χ1) is 10.5. The van der Waals surface area contributed by atoms with Crippen molar-refractivity contribution in [1.29, 1.82) is 0 Å². The van der Waals surface area contributed by atoms with Gasteiger partial charge in [0.05, 0.1) is 5.75 Å². The number of thioether (sulfide) groups is 1. The van der Waals surface area contributed by atoms with Crippen LogP contribution in [0.15, 0.2) is 27.8 Å². The van der Waals surface area contributed by atoms with Crippen molar-refractivity contribution < 1.29 is 9.21 Å². The van der Waals surface area contributed by atoms with Crippen LogP contribution in [0.2, 0.25) is 0 Å². The van der Waals surface area contributed by atoms with Gasteiger partial charge in [0.2, 0.25) is 11.8 Å². The number of aromatic nitrogens is 2. The normalized spacial score (nSPS) is 12.2. The molecule has 1 amide bonds. The fourth-order valence-electron chi connectivity index (χ4n) is 1.81. The number of carbonyl (C=O) groups is 1. The first kappa shape index (κ1) is 16.5. The van der Waals surface area contributed by atoms with E-state index >= 15 is 0 Å². The number of hydrogen-bond acceptors (Lipinski definition) is 5. The lowest BCUT2D eigenvalue weighted by molar-refractivity contribution is -0.119.